The Morgan fingerprint density at radius 1 is 1.38 bits per heavy atom. The number of nitrogens with zero attached hydrogens (tertiary/aromatic N) is 1. The number of benzene rings is 1. The third kappa shape index (κ3) is 1.81. The third-order valence-corrected chi connectivity index (χ3v) is 1.43. The van der Waals surface area contributed by atoms with E-state index in [0.717, 1.165) is 6.07 Å². The zero-order valence-corrected chi connectivity index (χ0v) is 6.44. The maximum atomic E-state index is 12.9. The van der Waals surface area contributed by atoms with Gasteiger partial charge in [0.1, 0.15) is 5.82 Å². The summed E-state index contributed by atoms with van der Waals surface area (Å²) in [6.45, 7) is 0. The van der Waals surface area contributed by atoms with Crippen molar-refractivity contribution in [2.45, 2.75) is 0 Å². The molecule has 0 fully saturated rings. The molecule has 5 heteroatoms. The Balaban J connectivity index is 3.21. The summed E-state index contributed by atoms with van der Waals surface area (Å²) in [6.07, 6.45) is 0. The van der Waals surface area contributed by atoms with Gasteiger partial charge in [-0.2, -0.15) is 0 Å². The largest absolute Gasteiger partial charge is 0.476 e. The summed E-state index contributed by atoms with van der Waals surface area (Å²) in [7, 11) is 0. The number of carbonyl (C=O) groups is 1. The van der Waals surface area contributed by atoms with Gasteiger partial charge in [0.05, 0.1) is 0 Å². The molecule has 0 aliphatic rings. The van der Waals surface area contributed by atoms with Crippen LogP contribution in [0.3, 0.4) is 0 Å². The van der Waals surface area contributed by atoms with Gasteiger partial charge in [0, 0.05) is 5.56 Å². The molecular weight excluding hydrogens is 177 g/mol. The van der Waals surface area contributed by atoms with Crippen molar-refractivity contribution in [1.82, 2.24) is 0 Å². The van der Waals surface area contributed by atoms with E-state index in [1.807, 2.05) is 0 Å². The van der Waals surface area contributed by atoms with E-state index in [1.54, 1.807) is 0 Å². The van der Waals surface area contributed by atoms with Crippen LogP contribution in [-0.4, -0.2) is 22.0 Å². The van der Waals surface area contributed by atoms with Crippen molar-refractivity contribution in [3.05, 3.63) is 35.6 Å². The van der Waals surface area contributed by atoms with Crippen LogP contribution in [0.15, 0.2) is 29.4 Å². The smallest absolute Gasteiger partial charge is 0.358 e. The summed E-state index contributed by atoms with van der Waals surface area (Å²) in [5.74, 6) is -2.22. The van der Waals surface area contributed by atoms with E-state index in [1.165, 1.54) is 18.2 Å². The number of hydrogen-bond acceptors (Lipinski definition) is 3. The number of carboxylic acids is 1. The van der Waals surface area contributed by atoms with Crippen molar-refractivity contribution in [3.63, 3.8) is 0 Å². The molecule has 1 rings (SSSR count). The van der Waals surface area contributed by atoms with Crippen LogP contribution < -0.4 is 0 Å². The van der Waals surface area contributed by atoms with Crippen molar-refractivity contribution in [3.8, 4) is 0 Å². The Bertz CT molecular complexity index is 362. The number of oxime groups is 1. The van der Waals surface area contributed by atoms with Gasteiger partial charge in [-0.25, -0.2) is 9.18 Å². The summed E-state index contributed by atoms with van der Waals surface area (Å²) in [5, 5.41) is 19.3. The first kappa shape index (κ1) is 9.18. The number of aliphatic carboxylic acids is 1. The molecule has 0 atom stereocenters. The molecule has 0 radical (unpaired) electrons. The van der Waals surface area contributed by atoms with Crippen LogP contribution in [0.2, 0.25) is 0 Å². The maximum absolute atomic E-state index is 12.9. The minimum atomic E-state index is -1.48. The lowest BCUT2D eigenvalue weighted by atomic mass is 10.1. The molecular formula is C8H6FNO3. The first-order chi connectivity index (χ1) is 6.16. The lowest BCUT2D eigenvalue weighted by molar-refractivity contribution is -0.129. The van der Waals surface area contributed by atoms with Gasteiger partial charge in [0.2, 0.25) is 0 Å². The second kappa shape index (κ2) is 3.66. The molecule has 0 aliphatic heterocycles. The van der Waals surface area contributed by atoms with Crippen LogP contribution >= 0.6 is 0 Å². The fourth-order valence-corrected chi connectivity index (χ4v) is 0.865. The molecule has 0 amide bonds. The van der Waals surface area contributed by atoms with Crippen LogP contribution in [0.1, 0.15) is 5.56 Å². The van der Waals surface area contributed by atoms with Gasteiger partial charge < -0.3 is 10.3 Å². The molecule has 13 heavy (non-hydrogen) atoms. The monoisotopic (exact) mass is 183 g/mol. The van der Waals surface area contributed by atoms with Gasteiger partial charge in [-0.05, 0) is 12.1 Å². The van der Waals surface area contributed by atoms with E-state index < -0.39 is 17.5 Å². The lowest BCUT2D eigenvalue weighted by Gasteiger charge is -1.99. The second-order valence-corrected chi connectivity index (χ2v) is 2.23. The quantitative estimate of drug-likeness (QED) is 0.409. The van der Waals surface area contributed by atoms with Crippen LogP contribution in [0.25, 0.3) is 0 Å². The highest BCUT2D eigenvalue weighted by molar-refractivity contribution is 6.42. The molecule has 4 nitrogen and oxygen atoms in total. The standard InChI is InChI=1S/C8H6FNO3/c9-6-4-2-1-3-5(6)7(10-13)8(11)12/h1-4,13H,(H,11,12)/b10-7-. The lowest BCUT2D eigenvalue weighted by Crippen LogP contribution is -2.15. The number of halogens is 1. The van der Waals surface area contributed by atoms with Gasteiger partial charge in [0.25, 0.3) is 0 Å². The minimum Gasteiger partial charge on any atom is -0.476 e. The Morgan fingerprint density at radius 2 is 2.00 bits per heavy atom. The highest BCUT2D eigenvalue weighted by Crippen LogP contribution is 2.07. The predicted octanol–water partition coefficient (Wildman–Crippen LogP) is 1.09. The number of carboxylic acid groups (broad SMARTS) is 1. The van der Waals surface area contributed by atoms with Crippen molar-refractivity contribution in [2.24, 2.45) is 5.16 Å². The molecule has 0 aliphatic carbocycles. The van der Waals surface area contributed by atoms with Gasteiger partial charge in [0.15, 0.2) is 5.71 Å². The molecule has 0 spiro atoms. The van der Waals surface area contributed by atoms with E-state index in [-0.39, 0.29) is 5.56 Å². The van der Waals surface area contributed by atoms with Gasteiger partial charge in [-0.1, -0.05) is 17.3 Å². The Hall–Kier alpha value is -1.91. The topological polar surface area (TPSA) is 69.9 Å². The van der Waals surface area contributed by atoms with E-state index in [0.29, 0.717) is 0 Å². The van der Waals surface area contributed by atoms with Crippen LogP contribution in [0.5, 0.6) is 0 Å². The normalized spacial score (nSPS) is 11.3. The third-order valence-electron chi connectivity index (χ3n) is 1.43. The predicted molar refractivity (Wildman–Crippen MR) is 42.4 cm³/mol. The Morgan fingerprint density at radius 3 is 2.46 bits per heavy atom. The molecule has 68 valence electrons. The molecule has 0 aromatic heterocycles. The van der Waals surface area contributed by atoms with Crippen molar-refractivity contribution >= 4 is 11.7 Å². The molecule has 0 saturated carbocycles. The molecule has 1 aromatic rings. The van der Waals surface area contributed by atoms with E-state index in [2.05, 4.69) is 5.16 Å². The summed E-state index contributed by atoms with van der Waals surface area (Å²) < 4.78 is 12.9. The SMILES string of the molecule is O=C(O)/C(=N\O)c1ccccc1F. The fraction of sp³-hybridized carbons (Fsp3) is 0. The van der Waals surface area contributed by atoms with Gasteiger partial charge in [-0.3, -0.25) is 0 Å². The van der Waals surface area contributed by atoms with Crippen molar-refractivity contribution in [1.29, 1.82) is 0 Å². The fourth-order valence-electron chi connectivity index (χ4n) is 0.865. The van der Waals surface area contributed by atoms with E-state index in [9.17, 15) is 9.18 Å². The maximum Gasteiger partial charge on any atom is 0.358 e. The average Bonchev–Trinajstić information content (AvgIpc) is 2.09. The average molecular weight is 183 g/mol. The van der Waals surface area contributed by atoms with Crippen molar-refractivity contribution < 1.29 is 19.5 Å². The molecule has 1 aromatic carbocycles. The molecule has 0 heterocycles. The Kier molecular flexibility index (Phi) is 2.59. The van der Waals surface area contributed by atoms with E-state index in [4.69, 9.17) is 10.3 Å². The zero-order chi connectivity index (χ0) is 9.84. The number of rotatable bonds is 2. The summed E-state index contributed by atoms with van der Waals surface area (Å²) in [5.41, 5.74) is -0.949. The molecule has 0 saturated heterocycles. The van der Waals surface area contributed by atoms with Gasteiger partial charge >= 0.3 is 5.97 Å². The van der Waals surface area contributed by atoms with Gasteiger partial charge in [-0.15, -0.1) is 0 Å². The molecule has 0 unspecified atom stereocenters. The summed E-state index contributed by atoms with van der Waals surface area (Å²) in [4.78, 5) is 10.4. The zero-order valence-electron chi connectivity index (χ0n) is 6.44. The second-order valence-electron chi connectivity index (χ2n) is 2.23. The van der Waals surface area contributed by atoms with Crippen LogP contribution in [0, 0.1) is 5.82 Å². The molecule has 2 N–H and O–H groups in total. The summed E-state index contributed by atoms with van der Waals surface area (Å²) in [6, 6.07) is 5.17. The number of hydrogen-bond donors (Lipinski definition) is 2. The first-order valence-corrected chi connectivity index (χ1v) is 3.37. The highest BCUT2D eigenvalue weighted by Gasteiger charge is 2.16. The van der Waals surface area contributed by atoms with E-state index >= 15 is 0 Å². The summed E-state index contributed by atoms with van der Waals surface area (Å²) >= 11 is 0. The molecule has 0 bridgehead atoms. The van der Waals surface area contributed by atoms with Crippen LogP contribution in [-0.2, 0) is 4.79 Å². The first-order valence-electron chi connectivity index (χ1n) is 3.37. The van der Waals surface area contributed by atoms with Crippen molar-refractivity contribution in [2.75, 3.05) is 0 Å². The van der Waals surface area contributed by atoms with Crippen LogP contribution in [0.4, 0.5) is 4.39 Å². The Labute approximate surface area is 72.9 Å². The minimum absolute atomic E-state index is 0.238. The highest BCUT2D eigenvalue weighted by atomic mass is 19.1.